The first kappa shape index (κ1) is 16.8. The van der Waals surface area contributed by atoms with Crippen LogP contribution in [-0.2, 0) is 27.3 Å². The van der Waals surface area contributed by atoms with Gasteiger partial charge in [-0.3, -0.25) is 9.59 Å². The Balaban J connectivity index is 1.84. The number of fused-ring (bicyclic) bond motifs is 1. The van der Waals surface area contributed by atoms with E-state index in [0.29, 0.717) is 13.1 Å². The molecule has 2 N–H and O–H groups in total. The molecule has 0 radical (unpaired) electrons. The van der Waals surface area contributed by atoms with Gasteiger partial charge in [0.05, 0.1) is 6.61 Å². The number of amides is 3. The summed E-state index contributed by atoms with van der Waals surface area (Å²) in [6.45, 7) is 4.44. The monoisotopic (exact) mass is 319 g/mol. The average Bonchev–Trinajstić information content (AvgIpc) is 2.94. The van der Waals surface area contributed by atoms with Gasteiger partial charge in [0, 0.05) is 25.7 Å². The molecule has 124 valence electrons. The highest BCUT2D eigenvalue weighted by Crippen LogP contribution is 2.28. The second-order valence-corrected chi connectivity index (χ2v) is 5.22. The van der Waals surface area contributed by atoms with Crippen molar-refractivity contribution >= 4 is 23.6 Å². The molecule has 1 aliphatic heterocycles. The van der Waals surface area contributed by atoms with Crippen molar-refractivity contribution < 1.29 is 19.1 Å². The predicted octanol–water partition coefficient (Wildman–Crippen LogP) is 0.958. The molecule has 0 atom stereocenters. The number of benzene rings is 1. The molecule has 1 heterocycles. The van der Waals surface area contributed by atoms with E-state index in [1.165, 1.54) is 0 Å². The Bertz CT molecular complexity index is 615. The molecule has 0 bridgehead atoms. The van der Waals surface area contributed by atoms with Gasteiger partial charge >= 0.3 is 12.0 Å². The van der Waals surface area contributed by atoms with Gasteiger partial charge in [0.1, 0.15) is 6.54 Å². The van der Waals surface area contributed by atoms with Crippen LogP contribution in [0.2, 0.25) is 0 Å². The van der Waals surface area contributed by atoms with Crippen molar-refractivity contribution in [3.05, 3.63) is 29.3 Å². The smallest absolute Gasteiger partial charge is 0.325 e. The van der Waals surface area contributed by atoms with Gasteiger partial charge in [-0.15, -0.1) is 0 Å². The van der Waals surface area contributed by atoms with Crippen LogP contribution in [0.15, 0.2) is 18.2 Å². The Hall–Kier alpha value is -2.57. The standard InChI is InChI=1S/C16H21N3O4/c1-3-23-15(21)10-18-16(22)17-9-12-4-5-14-13(8-12)6-7-19(14)11(2)20/h4-5,8H,3,6-7,9-10H2,1-2H3,(H2,17,18,22). The lowest BCUT2D eigenvalue weighted by molar-refractivity contribution is -0.141. The van der Waals surface area contributed by atoms with Gasteiger partial charge in [0.2, 0.25) is 5.91 Å². The summed E-state index contributed by atoms with van der Waals surface area (Å²) in [5.74, 6) is -0.433. The molecule has 0 aromatic heterocycles. The Kier molecular flexibility index (Phi) is 5.56. The number of nitrogens with one attached hydrogen (secondary N) is 2. The first-order chi connectivity index (χ1) is 11.0. The summed E-state index contributed by atoms with van der Waals surface area (Å²) >= 11 is 0. The summed E-state index contributed by atoms with van der Waals surface area (Å²) in [5, 5.41) is 5.12. The largest absolute Gasteiger partial charge is 0.465 e. The molecular formula is C16H21N3O4. The minimum absolute atomic E-state index is 0.0352. The highest BCUT2D eigenvalue weighted by molar-refractivity contribution is 5.93. The highest BCUT2D eigenvalue weighted by atomic mass is 16.5. The molecular weight excluding hydrogens is 298 g/mol. The third-order valence-corrected chi connectivity index (χ3v) is 3.57. The van der Waals surface area contributed by atoms with Crippen LogP contribution in [0.25, 0.3) is 0 Å². The first-order valence-corrected chi connectivity index (χ1v) is 7.58. The van der Waals surface area contributed by atoms with E-state index in [9.17, 15) is 14.4 Å². The van der Waals surface area contributed by atoms with Gasteiger partial charge in [-0.1, -0.05) is 12.1 Å². The maximum absolute atomic E-state index is 11.6. The number of nitrogens with zero attached hydrogens (tertiary/aromatic N) is 1. The number of hydrogen-bond acceptors (Lipinski definition) is 4. The molecule has 23 heavy (non-hydrogen) atoms. The molecule has 0 spiro atoms. The molecule has 1 aliphatic rings. The molecule has 1 aromatic carbocycles. The summed E-state index contributed by atoms with van der Waals surface area (Å²) in [4.78, 5) is 36.0. The van der Waals surface area contributed by atoms with Crippen LogP contribution in [-0.4, -0.2) is 37.6 Å². The molecule has 0 aliphatic carbocycles. The van der Waals surface area contributed by atoms with Crippen molar-refractivity contribution in [1.82, 2.24) is 10.6 Å². The molecule has 7 nitrogen and oxygen atoms in total. The van der Waals surface area contributed by atoms with Crippen molar-refractivity contribution in [1.29, 1.82) is 0 Å². The number of urea groups is 1. The number of ether oxygens (including phenoxy) is 1. The van der Waals surface area contributed by atoms with Crippen LogP contribution in [0.5, 0.6) is 0 Å². The average molecular weight is 319 g/mol. The number of carbonyl (C=O) groups is 3. The van der Waals surface area contributed by atoms with E-state index in [1.54, 1.807) is 18.7 Å². The zero-order valence-corrected chi connectivity index (χ0v) is 13.3. The van der Waals surface area contributed by atoms with Gasteiger partial charge in [-0.25, -0.2) is 4.79 Å². The minimum atomic E-state index is -0.468. The number of anilines is 1. The SMILES string of the molecule is CCOC(=O)CNC(=O)NCc1ccc2c(c1)CCN2C(C)=O. The summed E-state index contributed by atoms with van der Waals surface area (Å²) in [5.41, 5.74) is 2.99. The molecule has 0 fully saturated rings. The van der Waals surface area contributed by atoms with E-state index in [4.69, 9.17) is 4.74 Å². The summed E-state index contributed by atoms with van der Waals surface area (Å²) in [6.07, 6.45) is 0.817. The maximum Gasteiger partial charge on any atom is 0.325 e. The van der Waals surface area contributed by atoms with Crippen LogP contribution < -0.4 is 15.5 Å². The Labute approximate surface area is 135 Å². The second-order valence-electron chi connectivity index (χ2n) is 5.22. The Morgan fingerprint density at radius 1 is 1.26 bits per heavy atom. The molecule has 7 heteroatoms. The third-order valence-electron chi connectivity index (χ3n) is 3.57. The van der Waals surface area contributed by atoms with E-state index < -0.39 is 12.0 Å². The van der Waals surface area contributed by atoms with Crippen LogP contribution in [0.4, 0.5) is 10.5 Å². The quantitative estimate of drug-likeness (QED) is 0.791. The normalized spacial score (nSPS) is 12.5. The van der Waals surface area contributed by atoms with Crippen LogP contribution >= 0.6 is 0 Å². The molecule has 0 unspecified atom stereocenters. The number of carbonyl (C=O) groups excluding carboxylic acids is 3. The molecule has 3 amide bonds. The fourth-order valence-corrected chi connectivity index (χ4v) is 2.50. The number of rotatable bonds is 5. The van der Waals surface area contributed by atoms with Gasteiger partial charge in [-0.2, -0.15) is 0 Å². The zero-order chi connectivity index (χ0) is 16.8. The molecule has 2 rings (SSSR count). The zero-order valence-electron chi connectivity index (χ0n) is 13.3. The van der Waals surface area contributed by atoms with Gasteiger partial charge in [-0.05, 0) is 30.5 Å². The van der Waals surface area contributed by atoms with Crippen molar-refractivity contribution in [2.75, 3.05) is 24.6 Å². The Morgan fingerprint density at radius 2 is 2.04 bits per heavy atom. The molecule has 0 saturated carbocycles. The van der Waals surface area contributed by atoms with Crippen LogP contribution in [0.1, 0.15) is 25.0 Å². The van der Waals surface area contributed by atoms with Gasteiger partial charge in [0.25, 0.3) is 0 Å². The predicted molar refractivity (Wildman–Crippen MR) is 85.0 cm³/mol. The Morgan fingerprint density at radius 3 is 2.74 bits per heavy atom. The topological polar surface area (TPSA) is 87.7 Å². The highest BCUT2D eigenvalue weighted by Gasteiger charge is 2.22. The summed E-state index contributed by atoms with van der Waals surface area (Å²) in [7, 11) is 0. The van der Waals surface area contributed by atoms with Crippen molar-refractivity contribution in [2.24, 2.45) is 0 Å². The van der Waals surface area contributed by atoms with Gasteiger partial charge in [0.15, 0.2) is 0 Å². The lowest BCUT2D eigenvalue weighted by Crippen LogP contribution is -2.38. The van der Waals surface area contributed by atoms with Crippen molar-refractivity contribution in [3.63, 3.8) is 0 Å². The van der Waals surface area contributed by atoms with Crippen molar-refractivity contribution in [3.8, 4) is 0 Å². The molecule has 1 aromatic rings. The first-order valence-electron chi connectivity index (χ1n) is 7.58. The number of esters is 1. The van der Waals surface area contributed by atoms with Crippen LogP contribution in [0.3, 0.4) is 0 Å². The molecule has 0 saturated heterocycles. The van der Waals surface area contributed by atoms with Gasteiger partial charge < -0.3 is 20.3 Å². The third kappa shape index (κ3) is 4.45. The maximum atomic E-state index is 11.6. The van der Waals surface area contributed by atoms with E-state index in [-0.39, 0.29) is 19.1 Å². The van der Waals surface area contributed by atoms with E-state index >= 15 is 0 Å². The fourth-order valence-electron chi connectivity index (χ4n) is 2.50. The summed E-state index contributed by atoms with van der Waals surface area (Å²) < 4.78 is 4.72. The van der Waals surface area contributed by atoms with Crippen molar-refractivity contribution in [2.45, 2.75) is 26.8 Å². The van der Waals surface area contributed by atoms with Crippen LogP contribution in [0, 0.1) is 0 Å². The van der Waals surface area contributed by atoms with E-state index in [1.807, 2.05) is 18.2 Å². The number of hydrogen-bond donors (Lipinski definition) is 2. The lowest BCUT2D eigenvalue weighted by Gasteiger charge is -2.15. The van der Waals surface area contributed by atoms with E-state index in [2.05, 4.69) is 10.6 Å². The lowest BCUT2D eigenvalue weighted by atomic mass is 10.1. The minimum Gasteiger partial charge on any atom is -0.465 e. The second kappa shape index (κ2) is 7.62. The van der Waals surface area contributed by atoms with E-state index in [0.717, 1.165) is 23.2 Å². The summed E-state index contributed by atoms with van der Waals surface area (Å²) in [6, 6.07) is 5.34. The fraction of sp³-hybridized carbons (Fsp3) is 0.438.